The monoisotopic (exact) mass is 433 g/mol. The molecule has 0 radical (unpaired) electrons. The first-order chi connectivity index (χ1) is 14.2. The Balaban J connectivity index is 2.05. The number of halogens is 1. The maximum Gasteiger partial charge on any atom is 0.341 e. The van der Waals surface area contributed by atoms with Gasteiger partial charge >= 0.3 is 5.97 Å². The predicted molar refractivity (Wildman–Crippen MR) is 113 cm³/mol. The number of ketones is 1. The van der Waals surface area contributed by atoms with Gasteiger partial charge in [0.15, 0.2) is 5.43 Å². The van der Waals surface area contributed by atoms with Gasteiger partial charge in [-0.15, -0.1) is 0 Å². The number of hydrogen-bond donors (Lipinski definition) is 1. The van der Waals surface area contributed by atoms with Crippen molar-refractivity contribution < 1.29 is 24.2 Å². The van der Waals surface area contributed by atoms with Gasteiger partial charge in [-0.1, -0.05) is 25.4 Å². The standard InChI is InChI=1S/C22H24ClNO6/c1-12(2)18-11-30-20-9-21(29-6-4-5-13(3)25)16(23)7-14(20)17-8-19(26)15(22(27)28)10-24(17)18/h7-10,12,18H,4-6,11H2,1-3H3,(H,27,28). The molecule has 0 fully saturated rings. The quantitative estimate of drug-likeness (QED) is 0.657. The van der Waals surface area contributed by atoms with E-state index >= 15 is 0 Å². The van der Waals surface area contributed by atoms with Crippen molar-refractivity contribution in [3.8, 4) is 22.8 Å². The van der Waals surface area contributed by atoms with E-state index in [1.165, 1.54) is 19.2 Å². The van der Waals surface area contributed by atoms with Crippen LogP contribution in [0.2, 0.25) is 5.02 Å². The molecular formula is C22H24ClNO6. The molecule has 160 valence electrons. The van der Waals surface area contributed by atoms with Crippen molar-refractivity contribution in [2.45, 2.75) is 39.7 Å². The first kappa shape index (κ1) is 21.9. The van der Waals surface area contributed by atoms with Crippen molar-refractivity contribution in [1.82, 2.24) is 4.57 Å². The van der Waals surface area contributed by atoms with Crippen LogP contribution in [0.3, 0.4) is 0 Å². The van der Waals surface area contributed by atoms with E-state index in [1.807, 2.05) is 13.8 Å². The topological polar surface area (TPSA) is 94.8 Å². The van der Waals surface area contributed by atoms with Gasteiger partial charge in [-0.05, 0) is 25.3 Å². The Bertz CT molecular complexity index is 1040. The molecule has 1 aromatic heterocycles. The normalized spacial score (nSPS) is 15.0. The second-order valence-electron chi connectivity index (χ2n) is 7.70. The number of fused-ring (bicyclic) bond motifs is 3. The lowest BCUT2D eigenvalue weighted by Gasteiger charge is -2.24. The largest absolute Gasteiger partial charge is 0.492 e. The SMILES string of the molecule is CC(=O)CCCOc1cc2c(cc1Cl)-c1cc(=O)c(C(=O)O)cn1C(C(C)C)CO2. The molecule has 8 heteroatoms. The summed E-state index contributed by atoms with van der Waals surface area (Å²) in [5, 5.41) is 9.71. The van der Waals surface area contributed by atoms with Gasteiger partial charge in [-0.2, -0.15) is 0 Å². The Morgan fingerprint density at radius 3 is 2.70 bits per heavy atom. The highest BCUT2D eigenvalue weighted by molar-refractivity contribution is 6.32. The summed E-state index contributed by atoms with van der Waals surface area (Å²) in [5.41, 5.74) is 0.267. The molecule has 0 amide bonds. The molecule has 0 spiro atoms. The maximum atomic E-state index is 12.4. The first-order valence-corrected chi connectivity index (χ1v) is 10.1. The van der Waals surface area contributed by atoms with E-state index in [2.05, 4.69) is 0 Å². The third-order valence-corrected chi connectivity index (χ3v) is 5.38. The Morgan fingerprint density at radius 2 is 2.07 bits per heavy atom. The number of hydrogen-bond acceptors (Lipinski definition) is 5. The molecule has 0 saturated heterocycles. The van der Waals surface area contributed by atoms with Crippen LogP contribution in [0.4, 0.5) is 0 Å². The zero-order chi connectivity index (χ0) is 22.0. The lowest BCUT2D eigenvalue weighted by molar-refractivity contribution is -0.117. The molecule has 7 nitrogen and oxygen atoms in total. The van der Waals surface area contributed by atoms with Gasteiger partial charge in [0.1, 0.15) is 29.5 Å². The van der Waals surface area contributed by atoms with E-state index in [-0.39, 0.29) is 23.3 Å². The summed E-state index contributed by atoms with van der Waals surface area (Å²) in [6, 6.07) is 4.47. The molecule has 3 rings (SSSR count). The summed E-state index contributed by atoms with van der Waals surface area (Å²) in [6.45, 7) is 6.17. The number of carboxylic acid groups (broad SMARTS) is 1. The summed E-state index contributed by atoms with van der Waals surface area (Å²) in [6.07, 6.45) is 2.38. The van der Waals surface area contributed by atoms with E-state index in [0.29, 0.717) is 53.8 Å². The van der Waals surface area contributed by atoms with Crippen LogP contribution in [0, 0.1) is 5.92 Å². The maximum absolute atomic E-state index is 12.4. The van der Waals surface area contributed by atoms with Crippen molar-refractivity contribution >= 4 is 23.4 Å². The first-order valence-electron chi connectivity index (χ1n) is 9.77. The van der Waals surface area contributed by atoms with Crippen molar-refractivity contribution in [2.24, 2.45) is 5.92 Å². The minimum Gasteiger partial charge on any atom is -0.492 e. The molecule has 2 heterocycles. The Morgan fingerprint density at radius 1 is 1.33 bits per heavy atom. The molecular weight excluding hydrogens is 410 g/mol. The highest BCUT2D eigenvalue weighted by Crippen LogP contribution is 2.42. The summed E-state index contributed by atoms with van der Waals surface area (Å²) >= 11 is 6.41. The Kier molecular flexibility index (Phi) is 6.51. The molecule has 0 saturated carbocycles. The molecule has 1 atom stereocenters. The molecule has 1 aliphatic rings. The number of aromatic carboxylic acids is 1. The van der Waals surface area contributed by atoms with Gasteiger partial charge < -0.3 is 23.9 Å². The van der Waals surface area contributed by atoms with Gasteiger partial charge in [0.2, 0.25) is 0 Å². The number of nitrogens with zero attached hydrogens (tertiary/aromatic N) is 1. The van der Waals surface area contributed by atoms with E-state index in [1.54, 1.807) is 16.7 Å². The third-order valence-electron chi connectivity index (χ3n) is 5.09. The lowest BCUT2D eigenvalue weighted by atomic mass is 10.0. The van der Waals surface area contributed by atoms with Crippen molar-refractivity contribution in [3.05, 3.63) is 45.2 Å². The Labute approximate surface area is 179 Å². The van der Waals surface area contributed by atoms with Gasteiger partial charge in [0.25, 0.3) is 0 Å². The molecule has 0 aliphatic carbocycles. The summed E-state index contributed by atoms with van der Waals surface area (Å²) in [4.78, 5) is 35.0. The van der Waals surface area contributed by atoms with E-state index < -0.39 is 11.4 Å². The predicted octanol–water partition coefficient (Wildman–Crippen LogP) is 4.20. The number of carbonyl (C=O) groups is 2. The zero-order valence-electron chi connectivity index (χ0n) is 17.1. The fourth-order valence-electron chi connectivity index (χ4n) is 3.44. The lowest BCUT2D eigenvalue weighted by Crippen LogP contribution is -2.25. The number of carbonyl (C=O) groups excluding carboxylic acids is 1. The van der Waals surface area contributed by atoms with E-state index in [9.17, 15) is 19.5 Å². The molecule has 1 aliphatic heterocycles. The van der Waals surface area contributed by atoms with Gasteiger partial charge in [-0.25, -0.2) is 4.79 Å². The minimum atomic E-state index is -1.27. The Hall–Kier alpha value is -2.80. The molecule has 1 N–H and O–H groups in total. The number of ether oxygens (including phenoxy) is 2. The van der Waals surface area contributed by atoms with Crippen LogP contribution in [0.5, 0.6) is 11.5 Å². The average Bonchev–Trinajstić information content (AvgIpc) is 2.81. The second-order valence-corrected chi connectivity index (χ2v) is 8.11. The molecule has 30 heavy (non-hydrogen) atoms. The molecule has 0 bridgehead atoms. The summed E-state index contributed by atoms with van der Waals surface area (Å²) < 4.78 is 13.5. The number of pyridine rings is 1. The van der Waals surface area contributed by atoms with Crippen LogP contribution in [-0.4, -0.2) is 34.6 Å². The third kappa shape index (κ3) is 4.51. The number of carboxylic acids is 1. The van der Waals surface area contributed by atoms with Gasteiger partial charge in [0.05, 0.1) is 23.4 Å². The highest BCUT2D eigenvalue weighted by atomic mass is 35.5. The fraction of sp³-hybridized carbons (Fsp3) is 0.409. The van der Waals surface area contributed by atoms with Crippen LogP contribution in [0.15, 0.2) is 29.2 Å². The van der Waals surface area contributed by atoms with Crippen LogP contribution >= 0.6 is 11.6 Å². The van der Waals surface area contributed by atoms with Crippen LogP contribution in [-0.2, 0) is 4.79 Å². The van der Waals surface area contributed by atoms with Crippen molar-refractivity contribution in [2.75, 3.05) is 13.2 Å². The minimum absolute atomic E-state index is 0.0949. The second kappa shape index (κ2) is 8.92. The smallest absolute Gasteiger partial charge is 0.341 e. The number of Topliss-reactive ketones (excluding diaryl/α,β-unsaturated/α-hetero) is 1. The van der Waals surface area contributed by atoms with Gasteiger partial charge in [-0.3, -0.25) is 4.79 Å². The summed E-state index contributed by atoms with van der Waals surface area (Å²) in [5.74, 6) is -0.119. The van der Waals surface area contributed by atoms with Gasteiger partial charge in [0, 0.05) is 30.3 Å². The summed E-state index contributed by atoms with van der Waals surface area (Å²) in [7, 11) is 0. The molecule has 2 aromatic rings. The molecule has 1 unspecified atom stereocenters. The van der Waals surface area contributed by atoms with E-state index in [0.717, 1.165) is 0 Å². The average molecular weight is 434 g/mol. The van der Waals surface area contributed by atoms with Crippen molar-refractivity contribution in [1.29, 1.82) is 0 Å². The van der Waals surface area contributed by atoms with Crippen molar-refractivity contribution in [3.63, 3.8) is 0 Å². The zero-order valence-corrected chi connectivity index (χ0v) is 17.9. The van der Waals surface area contributed by atoms with Crippen LogP contribution in [0.25, 0.3) is 11.3 Å². The van der Waals surface area contributed by atoms with E-state index in [4.69, 9.17) is 21.1 Å². The number of benzene rings is 1. The number of aromatic nitrogens is 1. The fourth-order valence-corrected chi connectivity index (χ4v) is 3.66. The van der Waals surface area contributed by atoms with Crippen LogP contribution in [0.1, 0.15) is 50.0 Å². The molecule has 1 aromatic carbocycles. The number of rotatable bonds is 7. The van der Waals surface area contributed by atoms with Crippen LogP contribution < -0.4 is 14.9 Å². The highest BCUT2D eigenvalue weighted by Gasteiger charge is 2.27.